The van der Waals surface area contributed by atoms with Gasteiger partial charge in [-0.2, -0.15) is 0 Å². The number of hydrogen-bond acceptors (Lipinski definition) is 4. The standard InChI is InChI=1S/C13H19ClN4O/c1-12(2)11(13(12,3)4)17-10(19)9-7(14)5-6-8(16-9)18-15/h5-6,11H,15H2,1-4H3,(H,16,18)(H,17,19). The molecule has 1 aliphatic carbocycles. The zero-order chi connectivity index (χ0) is 14.4. The molecule has 0 bridgehead atoms. The monoisotopic (exact) mass is 282 g/mol. The van der Waals surface area contributed by atoms with E-state index in [1.54, 1.807) is 12.1 Å². The van der Waals surface area contributed by atoms with Gasteiger partial charge in [0.1, 0.15) is 11.5 Å². The zero-order valence-electron chi connectivity index (χ0n) is 11.5. The number of hydrogen-bond donors (Lipinski definition) is 3. The van der Waals surface area contributed by atoms with Crippen LogP contribution < -0.4 is 16.6 Å². The van der Waals surface area contributed by atoms with Gasteiger partial charge in [-0.1, -0.05) is 39.3 Å². The second kappa shape index (κ2) is 4.35. The van der Waals surface area contributed by atoms with E-state index in [1.165, 1.54) is 0 Å². The zero-order valence-corrected chi connectivity index (χ0v) is 12.3. The molecule has 0 aliphatic heterocycles. The van der Waals surface area contributed by atoms with E-state index < -0.39 is 0 Å². The topological polar surface area (TPSA) is 80.0 Å². The maximum absolute atomic E-state index is 12.2. The summed E-state index contributed by atoms with van der Waals surface area (Å²) in [6.45, 7) is 8.52. The third-order valence-electron chi connectivity index (χ3n) is 4.51. The molecular weight excluding hydrogens is 264 g/mol. The number of carbonyl (C=O) groups is 1. The number of pyridine rings is 1. The number of aromatic nitrogens is 1. The number of amides is 1. The van der Waals surface area contributed by atoms with Crippen LogP contribution in [0.2, 0.25) is 5.02 Å². The third kappa shape index (κ3) is 2.17. The summed E-state index contributed by atoms with van der Waals surface area (Å²) in [5.41, 5.74) is 2.73. The van der Waals surface area contributed by atoms with Crippen LogP contribution in [0, 0.1) is 10.8 Å². The lowest BCUT2D eigenvalue weighted by molar-refractivity contribution is 0.0939. The molecule has 1 heterocycles. The highest BCUT2D eigenvalue weighted by molar-refractivity contribution is 6.33. The van der Waals surface area contributed by atoms with Gasteiger partial charge in [0, 0.05) is 6.04 Å². The van der Waals surface area contributed by atoms with Crippen molar-refractivity contribution in [1.29, 1.82) is 0 Å². The number of hydrazine groups is 1. The van der Waals surface area contributed by atoms with Gasteiger partial charge >= 0.3 is 0 Å². The average molecular weight is 283 g/mol. The second-order valence-corrected chi connectivity index (χ2v) is 6.43. The van der Waals surface area contributed by atoms with Gasteiger partial charge in [-0.05, 0) is 23.0 Å². The molecule has 2 rings (SSSR count). The molecule has 0 atom stereocenters. The van der Waals surface area contributed by atoms with E-state index in [0.717, 1.165) is 0 Å². The first kappa shape index (κ1) is 14.1. The van der Waals surface area contributed by atoms with E-state index in [0.29, 0.717) is 10.8 Å². The summed E-state index contributed by atoms with van der Waals surface area (Å²) in [6.07, 6.45) is 0. The normalized spacial score (nSPS) is 19.9. The van der Waals surface area contributed by atoms with Gasteiger partial charge in [-0.25, -0.2) is 10.8 Å². The Balaban J connectivity index is 2.18. The van der Waals surface area contributed by atoms with Crippen molar-refractivity contribution >= 4 is 23.3 Å². The van der Waals surface area contributed by atoms with E-state index in [-0.39, 0.29) is 28.5 Å². The maximum Gasteiger partial charge on any atom is 0.271 e. The quantitative estimate of drug-likeness (QED) is 0.586. The van der Waals surface area contributed by atoms with Gasteiger partial charge in [-0.3, -0.25) is 4.79 Å². The van der Waals surface area contributed by atoms with Gasteiger partial charge in [0.05, 0.1) is 5.02 Å². The van der Waals surface area contributed by atoms with Crippen LogP contribution in [0.1, 0.15) is 38.2 Å². The van der Waals surface area contributed by atoms with Crippen LogP contribution in [0.15, 0.2) is 12.1 Å². The van der Waals surface area contributed by atoms with Crippen molar-refractivity contribution in [3.63, 3.8) is 0 Å². The molecule has 0 spiro atoms. The van der Waals surface area contributed by atoms with Gasteiger partial charge in [0.15, 0.2) is 0 Å². The highest BCUT2D eigenvalue weighted by Crippen LogP contribution is 2.62. The molecule has 1 aliphatic rings. The molecule has 1 amide bonds. The first-order chi connectivity index (χ1) is 8.71. The molecule has 1 saturated carbocycles. The van der Waals surface area contributed by atoms with Crippen molar-refractivity contribution in [2.75, 3.05) is 5.43 Å². The molecule has 1 aromatic heterocycles. The van der Waals surface area contributed by atoms with Crippen molar-refractivity contribution in [1.82, 2.24) is 10.3 Å². The number of nitrogen functional groups attached to an aromatic ring is 1. The van der Waals surface area contributed by atoms with Crippen molar-refractivity contribution in [3.8, 4) is 0 Å². The largest absolute Gasteiger partial charge is 0.347 e. The molecule has 0 unspecified atom stereocenters. The fourth-order valence-electron chi connectivity index (χ4n) is 2.44. The predicted molar refractivity (Wildman–Crippen MR) is 75.9 cm³/mol. The third-order valence-corrected chi connectivity index (χ3v) is 4.81. The summed E-state index contributed by atoms with van der Waals surface area (Å²) in [7, 11) is 0. The van der Waals surface area contributed by atoms with E-state index in [1.807, 2.05) is 0 Å². The molecule has 4 N–H and O–H groups in total. The fourth-order valence-corrected chi connectivity index (χ4v) is 2.63. The Bertz CT molecular complexity index is 513. The Hall–Kier alpha value is -1.33. The Morgan fingerprint density at radius 3 is 2.37 bits per heavy atom. The molecule has 5 nitrogen and oxygen atoms in total. The summed E-state index contributed by atoms with van der Waals surface area (Å²) < 4.78 is 0. The van der Waals surface area contributed by atoms with Crippen molar-refractivity contribution in [2.45, 2.75) is 33.7 Å². The molecule has 19 heavy (non-hydrogen) atoms. The van der Waals surface area contributed by atoms with Crippen LogP contribution in [0.4, 0.5) is 5.82 Å². The van der Waals surface area contributed by atoms with Crippen molar-refractivity contribution in [2.24, 2.45) is 16.7 Å². The van der Waals surface area contributed by atoms with E-state index in [9.17, 15) is 4.79 Å². The lowest BCUT2D eigenvalue weighted by atomic mass is 10.0. The Morgan fingerprint density at radius 2 is 1.89 bits per heavy atom. The van der Waals surface area contributed by atoms with Crippen LogP contribution in [0.5, 0.6) is 0 Å². The summed E-state index contributed by atoms with van der Waals surface area (Å²) in [5, 5.41) is 3.30. The number of nitrogens with zero attached hydrogens (tertiary/aromatic N) is 1. The second-order valence-electron chi connectivity index (χ2n) is 6.02. The molecule has 0 saturated heterocycles. The Kier molecular flexibility index (Phi) is 3.23. The SMILES string of the molecule is CC1(C)C(NC(=O)c2nc(NN)ccc2Cl)C1(C)C. The smallest absolute Gasteiger partial charge is 0.271 e. The average Bonchev–Trinajstić information content (AvgIpc) is 2.72. The van der Waals surface area contributed by atoms with Crippen LogP contribution in [0.3, 0.4) is 0 Å². The Morgan fingerprint density at radius 1 is 1.32 bits per heavy atom. The molecular formula is C13H19ClN4O. The summed E-state index contributed by atoms with van der Waals surface area (Å²) >= 11 is 6.00. The summed E-state index contributed by atoms with van der Waals surface area (Å²) in [5.74, 6) is 5.42. The van der Waals surface area contributed by atoms with Crippen molar-refractivity contribution < 1.29 is 4.79 Å². The molecule has 0 radical (unpaired) electrons. The van der Waals surface area contributed by atoms with Crippen LogP contribution in [-0.2, 0) is 0 Å². The lowest BCUT2D eigenvalue weighted by Gasteiger charge is -2.09. The maximum atomic E-state index is 12.2. The minimum atomic E-state index is -0.272. The number of nitrogens with two attached hydrogens (primary N) is 1. The fraction of sp³-hybridized carbons (Fsp3) is 0.538. The van der Waals surface area contributed by atoms with Crippen molar-refractivity contribution in [3.05, 3.63) is 22.8 Å². The minimum Gasteiger partial charge on any atom is -0.347 e. The molecule has 104 valence electrons. The highest BCUT2D eigenvalue weighted by atomic mass is 35.5. The van der Waals surface area contributed by atoms with Crippen LogP contribution in [-0.4, -0.2) is 16.9 Å². The number of nitrogens with one attached hydrogen (secondary N) is 2. The van der Waals surface area contributed by atoms with Crippen LogP contribution in [0.25, 0.3) is 0 Å². The molecule has 0 aromatic carbocycles. The van der Waals surface area contributed by atoms with E-state index in [4.69, 9.17) is 17.4 Å². The molecule has 1 fully saturated rings. The summed E-state index contributed by atoms with van der Waals surface area (Å²) in [4.78, 5) is 16.3. The first-order valence-corrected chi connectivity index (χ1v) is 6.53. The minimum absolute atomic E-state index is 0.0683. The van der Waals surface area contributed by atoms with E-state index >= 15 is 0 Å². The van der Waals surface area contributed by atoms with Gasteiger partial charge < -0.3 is 10.7 Å². The number of rotatable bonds is 3. The van der Waals surface area contributed by atoms with Gasteiger partial charge in [0.25, 0.3) is 5.91 Å². The summed E-state index contributed by atoms with van der Waals surface area (Å²) in [6, 6.07) is 3.33. The lowest BCUT2D eigenvalue weighted by Crippen LogP contribution is -2.31. The number of carbonyl (C=O) groups excluding carboxylic acids is 1. The number of anilines is 1. The molecule has 1 aromatic rings. The van der Waals surface area contributed by atoms with Crippen LogP contribution >= 0.6 is 11.6 Å². The predicted octanol–water partition coefficient (Wildman–Crippen LogP) is 2.18. The number of halogens is 1. The molecule has 6 heteroatoms. The Labute approximate surface area is 117 Å². The van der Waals surface area contributed by atoms with E-state index in [2.05, 4.69) is 43.4 Å². The van der Waals surface area contributed by atoms with Gasteiger partial charge in [-0.15, -0.1) is 0 Å². The first-order valence-electron chi connectivity index (χ1n) is 6.16. The highest BCUT2D eigenvalue weighted by Gasteiger charge is 2.65. The van der Waals surface area contributed by atoms with Gasteiger partial charge in [0.2, 0.25) is 0 Å².